The van der Waals surface area contributed by atoms with Gasteiger partial charge in [0, 0.05) is 34.3 Å². The van der Waals surface area contributed by atoms with Crippen LogP contribution in [0.2, 0.25) is 0 Å². The maximum Gasteiger partial charge on any atom is 0.338 e. The maximum atomic E-state index is 12.4. The standard InChI is InChI=1S/C24H17NO5/c26-18-11-7-16(22(28)13-18)8-12-21(27)15-5-9-17(10-6-15)25-20-14-24(29)30-23-4-2-1-3-19(20)23/h1-14,25-26,28H/b12-8+. The van der Waals surface area contributed by atoms with E-state index in [-0.39, 0.29) is 17.3 Å². The van der Waals surface area contributed by atoms with E-state index in [1.165, 1.54) is 36.4 Å². The zero-order valence-electron chi connectivity index (χ0n) is 15.7. The molecule has 0 aliphatic rings. The SMILES string of the molecule is O=C(/C=C/c1ccc(O)cc1O)c1ccc(Nc2cc(=O)oc3ccccc23)cc1. The Bertz CT molecular complexity index is 1320. The largest absolute Gasteiger partial charge is 0.508 e. The van der Waals surface area contributed by atoms with Crippen molar-refractivity contribution in [1.29, 1.82) is 0 Å². The summed E-state index contributed by atoms with van der Waals surface area (Å²) >= 11 is 0. The van der Waals surface area contributed by atoms with E-state index >= 15 is 0 Å². The van der Waals surface area contributed by atoms with Crippen LogP contribution in [0, 0.1) is 0 Å². The van der Waals surface area contributed by atoms with E-state index < -0.39 is 5.63 Å². The minimum Gasteiger partial charge on any atom is -0.508 e. The summed E-state index contributed by atoms with van der Waals surface area (Å²) in [6, 6.07) is 19.6. The first-order valence-electron chi connectivity index (χ1n) is 9.14. The second kappa shape index (κ2) is 7.97. The molecule has 0 aliphatic heterocycles. The number of aromatic hydroxyl groups is 2. The highest BCUT2D eigenvalue weighted by atomic mass is 16.4. The number of carbonyl (C=O) groups excluding carboxylic acids is 1. The number of phenols is 2. The third-order valence-corrected chi connectivity index (χ3v) is 4.53. The predicted molar refractivity (Wildman–Crippen MR) is 115 cm³/mol. The molecular weight excluding hydrogens is 382 g/mol. The van der Waals surface area contributed by atoms with Gasteiger partial charge in [0.05, 0.1) is 5.69 Å². The molecule has 0 saturated carbocycles. The number of hydrogen-bond acceptors (Lipinski definition) is 6. The Balaban J connectivity index is 1.53. The third kappa shape index (κ3) is 4.07. The Morgan fingerprint density at radius 2 is 1.70 bits per heavy atom. The van der Waals surface area contributed by atoms with Crippen molar-refractivity contribution in [3.05, 3.63) is 100 Å². The van der Waals surface area contributed by atoms with Crippen LogP contribution in [-0.2, 0) is 0 Å². The van der Waals surface area contributed by atoms with Crippen LogP contribution in [0.1, 0.15) is 15.9 Å². The van der Waals surface area contributed by atoms with Crippen LogP contribution in [0.15, 0.2) is 88.1 Å². The van der Waals surface area contributed by atoms with Gasteiger partial charge in [-0.15, -0.1) is 0 Å². The summed E-state index contributed by atoms with van der Waals surface area (Å²) < 4.78 is 5.19. The minimum atomic E-state index is -0.453. The summed E-state index contributed by atoms with van der Waals surface area (Å²) in [7, 11) is 0. The summed E-state index contributed by atoms with van der Waals surface area (Å²) in [5.74, 6) is -0.402. The lowest BCUT2D eigenvalue weighted by Gasteiger charge is -2.09. The van der Waals surface area contributed by atoms with Crippen LogP contribution >= 0.6 is 0 Å². The average molecular weight is 399 g/mol. The molecule has 6 nitrogen and oxygen atoms in total. The first kappa shape index (κ1) is 19.0. The molecule has 0 saturated heterocycles. The predicted octanol–water partition coefficient (Wildman–Crippen LogP) is 4.84. The van der Waals surface area contributed by atoms with E-state index in [0.717, 1.165) is 5.39 Å². The number of phenolic OH excluding ortho intramolecular Hbond substituents is 2. The zero-order valence-corrected chi connectivity index (χ0v) is 15.7. The second-order valence-electron chi connectivity index (χ2n) is 6.62. The molecule has 0 aliphatic carbocycles. The molecule has 30 heavy (non-hydrogen) atoms. The number of anilines is 2. The van der Waals surface area contributed by atoms with Crippen LogP contribution in [0.4, 0.5) is 11.4 Å². The number of rotatable bonds is 5. The summed E-state index contributed by atoms with van der Waals surface area (Å²) in [6.07, 6.45) is 2.84. The van der Waals surface area contributed by atoms with Gasteiger partial charge in [0.15, 0.2) is 5.78 Å². The van der Waals surface area contributed by atoms with Gasteiger partial charge in [0.25, 0.3) is 0 Å². The number of benzene rings is 3. The van der Waals surface area contributed by atoms with Gasteiger partial charge in [-0.3, -0.25) is 4.79 Å². The van der Waals surface area contributed by atoms with Gasteiger partial charge in [-0.2, -0.15) is 0 Å². The van der Waals surface area contributed by atoms with Crippen LogP contribution in [0.3, 0.4) is 0 Å². The fraction of sp³-hybridized carbons (Fsp3) is 0. The highest BCUT2D eigenvalue weighted by Crippen LogP contribution is 2.26. The molecule has 6 heteroatoms. The number of hydrogen-bond donors (Lipinski definition) is 3. The number of ketones is 1. The van der Waals surface area contributed by atoms with Gasteiger partial charge < -0.3 is 19.9 Å². The van der Waals surface area contributed by atoms with E-state index in [1.807, 2.05) is 12.1 Å². The van der Waals surface area contributed by atoms with Crippen molar-refractivity contribution in [2.24, 2.45) is 0 Å². The normalized spacial score (nSPS) is 11.1. The lowest BCUT2D eigenvalue weighted by molar-refractivity contribution is 0.104. The second-order valence-corrected chi connectivity index (χ2v) is 6.62. The van der Waals surface area contributed by atoms with Crippen LogP contribution in [-0.4, -0.2) is 16.0 Å². The molecule has 4 aromatic rings. The van der Waals surface area contributed by atoms with Crippen molar-refractivity contribution in [1.82, 2.24) is 0 Å². The fourth-order valence-electron chi connectivity index (χ4n) is 3.02. The minimum absolute atomic E-state index is 0.0527. The van der Waals surface area contributed by atoms with Crippen molar-refractivity contribution < 1.29 is 19.4 Å². The zero-order chi connectivity index (χ0) is 21.1. The molecule has 3 N–H and O–H groups in total. The molecule has 0 fully saturated rings. The Kier molecular flexibility index (Phi) is 5.05. The molecule has 0 bridgehead atoms. The molecule has 0 unspecified atom stereocenters. The number of allylic oxidation sites excluding steroid dienone is 1. The van der Waals surface area contributed by atoms with Crippen LogP contribution in [0.25, 0.3) is 17.0 Å². The molecule has 0 atom stereocenters. The van der Waals surface area contributed by atoms with E-state index in [9.17, 15) is 19.8 Å². The van der Waals surface area contributed by atoms with Crippen LogP contribution < -0.4 is 10.9 Å². The van der Waals surface area contributed by atoms with Crippen LogP contribution in [0.5, 0.6) is 11.5 Å². The molecule has 0 spiro atoms. The van der Waals surface area contributed by atoms with Gasteiger partial charge in [0.2, 0.25) is 0 Å². The Hall–Kier alpha value is -4.32. The van der Waals surface area contributed by atoms with Gasteiger partial charge in [-0.1, -0.05) is 12.1 Å². The topological polar surface area (TPSA) is 99.8 Å². The quantitative estimate of drug-likeness (QED) is 0.252. The number of nitrogens with one attached hydrogen (secondary N) is 1. The van der Waals surface area contributed by atoms with Crippen molar-refractivity contribution in [3.8, 4) is 11.5 Å². The number of fused-ring (bicyclic) bond motifs is 1. The molecular formula is C24H17NO5. The lowest BCUT2D eigenvalue weighted by atomic mass is 10.1. The average Bonchev–Trinajstić information content (AvgIpc) is 2.73. The summed E-state index contributed by atoms with van der Waals surface area (Å²) in [5.41, 5.74) is 2.25. The highest BCUT2D eigenvalue weighted by Gasteiger charge is 2.07. The summed E-state index contributed by atoms with van der Waals surface area (Å²) in [6.45, 7) is 0. The Morgan fingerprint density at radius 1 is 0.933 bits per heavy atom. The van der Waals surface area contributed by atoms with Gasteiger partial charge in [-0.05, 0) is 60.7 Å². The Labute approximate surface area is 171 Å². The molecule has 148 valence electrons. The summed E-state index contributed by atoms with van der Waals surface area (Å²) in [5, 5.41) is 23.1. The smallest absolute Gasteiger partial charge is 0.338 e. The molecule has 1 heterocycles. The number of para-hydroxylation sites is 1. The van der Waals surface area contributed by atoms with E-state index in [1.54, 1.807) is 36.4 Å². The van der Waals surface area contributed by atoms with Crippen molar-refractivity contribution >= 4 is 34.2 Å². The Morgan fingerprint density at radius 3 is 2.47 bits per heavy atom. The lowest BCUT2D eigenvalue weighted by Crippen LogP contribution is -2.01. The molecule has 1 aromatic heterocycles. The number of carbonyl (C=O) groups is 1. The van der Waals surface area contributed by atoms with Gasteiger partial charge >= 0.3 is 5.63 Å². The molecule has 0 radical (unpaired) electrons. The van der Waals surface area contributed by atoms with Crippen molar-refractivity contribution in [2.45, 2.75) is 0 Å². The van der Waals surface area contributed by atoms with Gasteiger partial charge in [-0.25, -0.2) is 4.79 Å². The van der Waals surface area contributed by atoms with Crippen molar-refractivity contribution in [2.75, 3.05) is 5.32 Å². The maximum absolute atomic E-state index is 12.4. The first-order chi connectivity index (χ1) is 14.5. The third-order valence-electron chi connectivity index (χ3n) is 4.53. The van der Waals surface area contributed by atoms with Gasteiger partial charge in [0.1, 0.15) is 17.1 Å². The van der Waals surface area contributed by atoms with E-state index in [2.05, 4.69) is 5.32 Å². The summed E-state index contributed by atoms with van der Waals surface area (Å²) in [4.78, 5) is 24.2. The highest BCUT2D eigenvalue weighted by molar-refractivity contribution is 6.07. The molecule has 0 amide bonds. The van der Waals surface area contributed by atoms with E-state index in [0.29, 0.717) is 28.1 Å². The monoisotopic (exact) mass is 399 g/mol. The fourth-order valence-corrected chi connectivity index (χ4v) is 3.02. The molecule has 3 aromatic carbocycles. The van der Waals surface area contributed by atoms with Crippen molar-refractivity contribution in [3.63, 3.8) is 0 Å². The molecule has 4 rings (SSSR count). The van der Waals surface area contributed by atoms with E-state index in [4.69, 9.17) is 4.42 Å². The first-order valence-corrected chi connectivity index (χ1v) is 9.14.